The lowest BCUT2D eigenvalue weighted by Gasteiger charge is -2.12. The number of hydrogen-bond acceptors (Lipinski definition) is 3. The molecule has 0 radical (unpaired) electrons. The summed E-state index contributed by atoms with van der Waals surface area (Å²) in [7, 11) is 0. The Morgan fingerprint density at radius 2 is 1.46 bits per heavy atom. The van der Waals surface area contributed by atoms with E-state index in [-0.39, 0.29) is 0 Å². The van der Waals surface area contributed by atoms with Gasteiger partial charge in [0.25, 0.3) is 0 Å². The molecule has 3 heterocycles. The summed E-state index contributed by atoms with van der Waals surface area (Å²) in [5.74, 6) is 0.955. The van der Waals surface area contributed by atoms with Crippen molar-refractivity contribution in [2.24, 2.45) is 0 Å². The van der Waals surface area contributed by atoms with E-state index >= 15 is 0 Å². The van der Waals surface area contributed by atoms with Crippen molar-refractivity contribution < 1.29 is 0 Å². The van der Waals surface area contributed by atoms with E-state index in [0.29, 0.717) is 0 Å². The summed E-state index contributed by atoms with van der Waals surface area (Å²) in [4.78, 5) is 10.0. The van der Waals surface area contributed by atoms with E-state index in [4.69, 9.17) is 9.97 Å². The SMILES string of the molecule is Cc1cc2nc(-c3ccc(C)c4c3sc3cc(-c5ccccc5)ccc34)n(-c3ccccc3)c2c(C)n1. The molecule has 0 saturated heterocycles. The number of hydrogen-bond donors (Lipinski definition) is 0. The van der Waals surface area contributed by atoms with Crippen molar-refractivity contribution in [3.05, 3.63) is 114 Å². The van der Waals surface area contributed by atoms with Crippen LogP contribution in [0.1, 0.15) is 17.0 Å². The molecule has 0 unspecified atom stereocenters. The van der Waals surface area contributed by atoms with Crippen LogP contribution >= 0.6 is 11.3 Å². The van der Waals surface area contributed by atoms with E-state index in [1.807, 2.05) is 18.3 Å². The molecule has 0 bridgehead atoms. The Morgan fingerprint density at radius 1 is 0.703 bits per heavy atom. The third-order valence-electron chi connectivity index (χ3n) is 7.13. The van der Waals surface area contributed by atoms with Crippen molar-refractivity contribution in [2.45, 2.75) is 20.8 Å². The Hall–Kier alpha value is -4.28. The molecule has 3 nitrogen and oxygen atoms in total. The van der Waals surface area contributed by atoms with Crippen molar-refractivity contribution >= 4 is 42.5 Å². The Morgan fingerprint density at radius 3 is 2.24 bits per heavy atom. The molecule has 0 fully saturated rings. The van der Waals surface area contributed by atoms with Gasteiger partial charge in [0, 0.05) is 37.1 Å². The zero-order valence-corrected chi connectivity index (χ0v) is 21.8. The van der Waals surface area contributed by atoms with Crippen LogP contribution < -0.4 is 0 Å². The summed E-state index contributed by atoms with van der Waals surface area (Å²) in [5, 5.41) is 2.62. The second-order valence-electron chi connectivity index (χ2n) is 9.64. The van der Waals surface area contributed by atoms with E-state index < -0.39 is 0 Å². The first-order valence-electron chi connectivity index (χ1n) is 12.5. The molecular formula is C33H25N3S. The van der Waals surface area contributed by atoms with E-state index in [9.17, 15) is 0 Å². The standard InChI is InChI=1S/C33H25N3S/c1-20-14-16-27(32-30(20)26-17-15-24(19-29(26)37-32)23-10-6-4-7-11-23)33-35-28-18-21(2)34-22(3)31(28)36(33)25-12-8-5-9-13-25/h4-19H,1-3H3. The van der Waals surface area contributed by atoms with Gasteiger partial charge < -0.3 is 0 Å². The highest BCUT2D eigenvalue weighted by Gasteiger charge is 2.21. The normalized spacial score (nSPS) is 11.6. The van der Waals surface area contributed by atoms with Gasteiger partial charge in [0.05, 0.1) is 16.7 Å². The third-order valence-corrected chi connectivity index (χ3v) is 8.31. The van der Waals surface area contributed by atoms with Gasteiger partial charge in [0.15, 0.2) is 0 Å². The summed E-state index contributed by atoms with van der Waals surface area (Å²) >= 11 is 1.86. The van der Waals surface area contributed by atoms with Gasteiger partial charge in [-0.3, -0.25) is 9.55 Å². The maximum absolute atomic E-state index is 5.23. The monoisotopic (exact) mass is 495 g/mol. The van der Waals surface area contributed by atoms with Crippen LogP contribution in [0.4, 0.5) is 0 Å². The molecular weight excluding hydrogens is 470 g/mol. The van der Waals surface area contributed by atoms with E-state index in [1.165, 1.54) is 36.9 Å². The molecule has 3 aromatic heterocycles. The average Bonchev–Trinajstić information content (AvgIpc) is 3.49. The van der Waals surface area contributed by atoms with Gasteiger partial charge in [-0.2, -0.15) is 0 Å². The Labute approximate surface area is 219 Å². The summed E-state index contributed by atoms with van der Waals surface area (Å²) in [6, 6.07) is 34.5. The van der Waals surface area contributed by atoms with Crippen LogP contribution in [-0.4, -0.2) is 14.5 Å². The first-order chi connectivity index (χ1) is 18.1. The number of thiophene rings is 1. The molecule has 0 aliphatic carbocycles. The summed E-state index contributed by atoms with van der Waals surface area (Å²) in [6.45, 7) is 6.32. The predicted molar refractivity (Wildman–Crippen MR) is 157 cm³/mol. The van der Waals surface area contributed by atoms with Gasteiger partial charge in [-0.05, 0) is 67.8 Å². The van der Waals surface area contributed by atoms with Gasteiger partial charge in [-0.1, -0.05) is 66.7 Å². The smallest absolute Gasteiger partial charge is 0.147 e. The lowest BCUT2D eigenvalue weighted by molar-refractivity contribution is 1.07. The molecule has 0 amide bonds. The van der Waals surface area contributed by atoms with Gasteiger partial charge >= 0.3 is 0 Å². The summed E-state index contributed by atoms with van der Waals surface area (Å²) < 4.78 is 4.85. The van der Waals surface area contributed by atoms with Crippen LogP contribution in [0.15, 0.2) is 97.1 Å². The molecule has 0 spiro atoms. The van der Waals surface area contributed by atoms with Crippen molar-refractivity contribution in [3.63, 3.8) is 0 Å². The van der Waals surface area contributed by atoms with Gasteiger partial charge in [0.1, 0.15) is 5.82 Å². The van der Waals surface area contributed by atoms with Gasteiger partial charge in [-0.25, -0.2) is 4.98 Å². The van der Waals surface area contributed by atoms with Crippen LogP contribution in [0.25, 0.3) is 59.4 Å². The molecule has 0 saturated carbocycles. The molecule has 7 aromatic rings. The lowest BCUT2D eigenvalue weighted by Crippen LogP contribution is -2.00. The maximum Gasteiger partial charge on any atom is 0.147 e. The molecule has 4 heteroatoms. The van der Waals surface area contributed by atoms with Crippen LogP contribution in [-0.2, 0) is 0 Å². The van der Waals surface area contributed by atoms with Crippen LogP contribution in [0.5, 0.6) is 0 Å². The molecule has 4 aromatic carbocycles. The number of benzene rings is 4. The van der Waals surface area contributed by atoms with Crippen LogP contribution in [0, 0.1) is 20.8 Å². The molecule has 37 heavy (non-hydrogen) atoms. The second kappa shape index (κ2) is 8.39. The first kappa shape index (κ1) is 22.0. The molecule has 0 atom stereocenters. The van der Waals surface area contributed by atoms with E-state index in [0.717, 1.165) is 39.5 Å². The summed E-state index contributed by atoms with van der Waals surface area (Å²) in [6.07, 6.45) is 0. The number of aryl methyl sites for hydroxylation is 3. The average molecular weight is 496 g/mol. The van der Waals surface area contributed by atoms with Crippen molar-refractivity contribution in [1.29, 1.82) is 0 Å². The molecule has 7 rings (SSSR count). The fourth-order valence-corrected chi connectivity index (χ4v) is 6.80. The topological polar surface area (TPSA) is 30.7 Å². The highest BCUT2D eigenvalue weighted by molar-refractivity contribution is 7.26. The van der Waals surface area contributed by atoms with Crippen LogP contribution in [0.3, 0.4) is 0 Å². The minimum atomic E-state index is 0.955. The maximum atomic E-state index is 5.23. The zero-order valence-electron chi connectivity index (χ0n) is 21.0. The molecule has 178 valence electrons. The number of aromatic nitrogens is 3. The second-order valence-corrected chi connectivity index (χ2v) is 10.7. The van der Waals surface area contributed by atoms with Crippen molar-refractivity contribution in [1.82, 2.24) is 14.5 Å². The molecule has 0 aliphatic rings. The number of fused-ring (bicyclic) bond motifs is 4. The Balaban J connectivity index is 1.55. The fourth-order valence-electron chi connectivity index (χ4n) is 5.47. The van der Waals surface area contributed by atoms with Gasteiger partial charge in [-0.15, -0.1) is 11.3 Å². The number of pyridine rings is 1. The minimum Gasteiger partial charge on any atom is -0.290 e. The van der Waals surface area contributed by atoms with E-state index in [1.54, 1.807) is 0 Å². The van der Waals surface area contributed by atoms with Crippen molar-refractivity contribution in [3.8, 4) is 28.2 Å². The third kappa shape index (κ3) is 3.48. The zero-order chi connectivity index (χ0) is 25.1. The van der Waals surface area contributed by atoms with Crippen LogP contribution in [0.2, 0.25) is 0 Å². The first-order valence-corrected chi connectivity index (χ1v) is 13.3. The Kier molecular flexibility index (Phi) is 4.98. The number of nitrogens with zero attached hydrogens (tertiary/aromatic N) is 3. The summed E-state index contributed by atoms with van der Waals surface area (Å²) in [5.41, 5.74) is 10.0. The Bertz CT molecular complexity index is 1950. The molecule has 0 aliphatic heterocycles. The quantitative estimate of drug-likeness (QED) is 0.245. The highest BCUT2D eigenvalue weighted by Crippen LogP contribution is 2.43. The van der Waals surface area contributed by atoms with Crippen molar-refractivity contribution in [2.75, 3.05) is 0 Å². The number of para-hydroxylation sites is 1. The number of imidazole rings is 1. The lowest BCUT2D eigenvalue weighted by atomic mass is 10.0. The molecule has 0 N–H and O–H groups in total. The highest BCUT2D eigenvalue weighted by atomic mass is 32.1. The minimum absolute atomic E-state index is 0.955. The number of rotatable bonds is 3. The van der Waals surface area contributed by atoms with E-state index in [2.05, 4.69) is 115 Å². The largest absolute Gasteiger partial charge is 0.290 e. The fraction of sp³-hybridized carbons (Fsp3) is 0.0909. The predicted octanol–water partition coefficient (Wildman–Crippen LogP) is 9.05. The van der Waals surface area contributed by atoms with Gasteiger partial charge in [0.2, 0.25) is 0 Å².